The van der Waals surface area contributed by atoms with Gasteiger partial charge in [0.1, 0.15) is 6.61 Å². The van der Waals surface area contributed by atoms with E-state index in [-0.39, 0.29) is 23.3 Å². The molecule has 0 aliphatic carbocycles. The summed E-state index contributed by atoms with van der Waals surface area (Å²) in [6.07, 6.45) is 0.750. The Morgan fingerprint density at radius 1 is 1.13 bits per heavy atom. The maximum absolute atomic E-state index is 12.8. The molecule has 2 atom stereocenters. The Hall–Kier alpha value is -1.41. The lowest BCUT2D eigenvalue weighted by Gasteiger charge is -2.48. The Kier molecular flexibility index (Phi) is 7.60. The van der Waals surface area contributed by atoms with Crippen molar-refractivity contribution in [2.45, 2.75) is 64.1 Å². The molecule has 2 saturated heterocycles. The van der Waals surface area contributed by atoms with Crippen LogP contribution < -0.4 is 0 Å². The number of hydrogen-bond acceptors (Lipinski definition) is 5. The minimum atomic E-state index is -1.90. The number of ether oxygens (including phenoxy) is 2. The second kappa shape index (κ2) is 9.81. The number of benzene rings is 1. The zero-order valence-corrected chi connectivity index (χ0v) is 20.2. The van der Waals surface area contributed by atoms with Crippen LogP contribution in [0.25, 0.3) is 0 Å². The maximum atomic E-state index is 12.8. The third kappa shape index (κ3) is 5.84. The van der Waals surface area contributed by atoms with E-state index in [1.807, 2.05) is 35.2 Å². The largest absolute Gasteiger partial charge is 0.445 e. The van der Waals surface area contributed by atoms with Crippen molar-refractivity contribution in [3.05, 3.63) is 35.9 Å². The van der Waals surface area contributed by atoms with Gasteiger partial charge in [0.2, 0.25) is 0 Å². The fraction of sp³-hybridized carbons (Fsp3) is 0.696. The topological polar surface area (TPSA) is 51.2 Å². The van der Waals surface area contributed by atoms with Gasteiger partial charge in [-0.25, -0.2) is 4.79 Å². The molecule has 0 N–H and O–H groups in total. The van der Waals surface area contributed by atoms with Crippen molar-refractivity contribution in [2.24, 2.45) is 0 Å². The second-order valence-electron chi connectivity index (χ2n) is 9.91. The van der Waals surface area contributed by atoms with Crippen molar-refractivity contribution in [1.29, 1.82) is 0 Å². The Bertz CT molecular complexity index is 686. The summed E-state index contributed by atoms with van der Waals surface area (Å²) in [5, 5.41) is 0.161. The first-order chi connectivity index (χ1) is 14.2. The monoisotopic (exact) mass is 434 g/mol. The molecule has 7 heteroatoms. The minimum absolute atomic E-state index is 0.141. The predicted octanol–water partition coefficient (Wildman–Crippen LogP) is 4.12. The van der Waals surface area contributed by atoms with Gasteiger partial charge in [-0.2, -0.15) is 0 Å². The van der Waals surface area contributed by atoms with E-state index in [1.165, 1.54) is 0 Å². The summed E-state index contributed by atoms with van der Waals surface area (Å²) in [6, 6.07) is 10.0. The zero-order chi connectivity index (χ0) is 21.8. The van der Waals surface area contributed by atoms with Gasteiger partial charge in [0.05, 0.1) is 25.4 Å². The molecule has 30 heavy (non-hydrogen) atoms. The van der Waals surface area contributed by atoms with Crippen LogP contribution in [-0.2, 0) is 20.5 Å². The molecule has 0 unspecified atom stereocenters. The summed E-state index contributed by atoms with van der Waals surface area (Å²) >= 11 is 0. The molecule has 6 nitrogen and oxygen atoms in total. The molecule has 0 saturated carbocycles. The van der Waals surface area contributed by atoms with Crippen molar-refractivity contribution in [1.82, 2.24) is 9.80 Å². The summed E-state index contributed by atoms with van der Waals surface area (Å²) in [5.74, 6) is 0. The van der Waals surface area contributed by atoms with Crippen molar-refractivity contribution in [3.8, 4) is 0 Å². The van der Waals surface area contributed by atoms with Crippen molar-refractivity contribution in [2.75, 3.05) is 39.4 Å². The molecule has 0 bridgehead atoms. The van der Waals surface area contributed by atoms with Crippen LogP contribution in [0, 0.1) is 0 Å². The molecule has 3 rings (SSSR count). The van der Waals surface area contributed by atoms with Gasteiger partial charge in [-0.3, -0.25) is 4.90 Å². The van der Waals surface area contributed by atoms with Gasteiger partial charge in [-0.05, 0) is 30.1 Å². The number of likely N-dealkylation sites (tertiary alicyclic amines) is 1. The van der Waals surface area contributed by atoms with E-state index >= 15 is 0 Å². The lowest BCUT2D eigenvalue weighted by Crippen LogP contribution is -2.61. The Balaban J connectivity index is 1.66. The highest BCUT2D eigenvalue weighted by atomic mass is 28.4. The molecular weight excluding hydrogens is 396 g/mol. The van der Waals surface area contributed by atoms with E-state index in [9.17, 15) is 4.79 Å². The first-order valence-corrected chi connectivity index (χ1v) is 14.0. The number of hydrogen-bond donors (Lipinski definition) is 0. The molecule has 0 radical (unpaired) electrons. The summed E-state index contributed by atoms with van der Waals surface area (Å²) in [5.41, 5.74) is 1.01. The van der Waals surface area contributed by atoms with Gasteiger partial charge in [0.25, 0.3) is 0 Å². The lowest BCUT2D eigenvalue weighted by molar-refractivity contribution is -0.0468. The first kappa shape index (κ1) is 23.3. The second-order valence-corrected chi connectivity index (χ2v) is 14.7. The lowest BCUT2D eigenvalue weighted by atomic mass is 10.0. The van der Waals surface area contributed by atoms with Crippen LogP contribution in [0.4, 0.5) is 4.79 Å². The van der Waals surface area contributed by atoms with Gasteiger partial charge >= 0.3 is 6.09 Å². The Morgan fingerprint density at radius 3 is 2.43 bits per heavy atom. The SMILES string of the molecule is CC(C)(C)[Si](C)(C)O[C@@H]1CCN(C(=O)OCc2ccccc2)C[C@H]1N1CCOCC1. The van der Waals surface area contributed by atoms with Gasteiger partial charge in [-0.15, -0.1) is 0 Å². The highest BCUT2D eigenvalue weighted by Gasteiger charge is 2.44. The maximum Gasteiger partial charge on any atom is 0.410 e. The molecule has 1 aromatic carbocycles. The van der Waals surface area contributed by atoms with Crippen molar-refractivity contribution in [3.63, 3.8) is 0 Å². The van der Waals surface area contributed by atoms with Gasteiger partial charge < -0.3 is 18.8 Å². The van der Waals surface area contributed by atoms with Gasteiger partial charge in [-0.1, -0.05) is 51.1 Å². The fourth-order valence-corrected chi connectivity index (χ4v) is 5.22. The quantitative estimate of drug-likeness (QED) is 0.653. The van der Waals surface area contributed by atoms with Crippen LogP contribution in [-0.4, -0.2) is 75.7 Å². The molecule has 0 spiro atoms. The average molecular weight is 435 g/mol. The summed E-state index contributed by atoms with van der Waals surface area (Å²) in [4.78, 5) is 17.1. The van der Waals surface area contributed by atoms with E-state index in [4.69, 9.17) is 13.9 Å². The Labute approximate surface area is 182 Å². The molecule has 2 heterocycles. The minimum Gasteiger partial charge on any atom is -0.445 e. The van der Waals surface area contributed by atoms with Crippen LogP contribution in [0.1, 0.15) is 32.8 Å². The molecular formula is C23H38N2O4Si. The highest BCUT2D eigenvalue weighted by molar-refractivity contribution is 6.74. The first-order valence-electron chi connectivity index (χ1n) is 11.1. The van der Waals surface area contributed by atoms with E-state index < -0.39 is 8.32 Å². The van der Waals surface area contributed by atoms with Crippen molar-refractivity contribution >= 4 is 14.4 Å². The molecule has 1 aromatic rings. The van der Waals surface area contributed by atoms with E-state index in [0.29, 0.717) is 19.7 Å². The molecule has 1 amide bonds. The smallest absolute Gasteiger partial charge is 0.410 e. The molecule has 168 valence electrons. The van der Waals surface area contributed by atoms with Crippen LogP contribution in [0.5, 0.6) is 0 Å². The van der Waals surface area contributed by atoms with Crippen LogP contribution in [0.2, 0.25) is 18.1 Å². The number of morpholine rings is 1. The molecule has 0 aromatic heterocycles. The molecule has 2 aliphatic heterocycles. The third-order valence-corrected chi connectivity index (χ3v) is 11.3. The highest BCUT2D eigenvalue weighted by Crippen LogP contribution is 2.39. The van der Waals surface area contributed by atoms with Crippen LogP contribution in [0.3, 0.4) is 0 Å². The average Bonchev–Trinajstić information content (AvgIpc) is 2.72. The number of piperidine rings is 1. The number of carbonyl (C=O) groups excluding carboxylic acids is 1. The van der Waals surface area contributed by atoms with E-state index in [1.54, 1.807) is 0 Å². The summed E-state index contributed by atoms with van der Waals surface area (Å²) in [6.45, 7) is 16.3. The Morgan fingerprint density at radius 2 is 1.80 bits per heavy atom. The van der Waals surface area contributed by atoms with Crippen molar-refractivity contribution < 1.29 is 18.7 Å². The van der Waals surface area contributed by atoms with Crippen LogP contribution in [0.15, 0.2) is 30.3 Å². The fourth-order valence-electron chi connectivity index (χ4n) is 3.84. The molecule has 2 fully saturated rings. The summed E-state index contributed by atoms with van der Waals surface area (Å²) in [7, 11) is -1.90. The van der Waals surface area contributed by atoms with Crippen LogP contribution >= 0.6 is 0 Å². The number of amides is 1. The number of nitrogens with zero attached hydrogens (tertiary/aromatic N) is 2. The number of carbonyl (C=O) groups is 1. The van der Waals surface area contributed by atoms with Gasteiger partial charge in [0.15, 0.2) is 8.32 Å². The number of rotatable bonds is 5. The zero-order valence-electron chi connectivity index (χ0n) is 19.2. The predicted molar refractivity (Wildman–Crippen MR) is 121 cm³/mol. The molecule has 2 aliphatic rings. The third-order valence-electron chi connectivity index (χ3n) is 6.75. The standard InChI is InChI=1S/C23H38N2O4Si/c1-23(2,3)30(4,5)29-21-11-12-25(17-20(21)24-13-15-27-16-14-24)22(26)28-18-19-9-7-6-8-10-19/h6-10,20-21H,11-18H2,1-5H3/t20-,21-/m1/s1. The van der Waals surface area contributed by atoms with E-state index in [2.05, 4.69) is 38.8 Å². The van der Waals surface area contributed by atoms with E-state index in [0.717, 1.165) is 38.3 Å². The normalized spacial score (nSPS) is 24.0. The summed E-state index contributed by atoms with van der Waals surface area (Å²) < 4.78 is 18.0. The van der Waals surface area contributed by atoms with Gasteiger partial charge in [0, 0.05) is 26.2 Å².